The Kier molecular flexibility index (Phi) is 10.3. The van der Waals surface area contributed by atoms with Gasteiger partial charge >= 0.3 is 0 Å². The minimum absolute atomic E-state index is 0.0162. The van der Waals surface area contributed by atoms with Gasteiger partial charge < -0.3 is 10.2 Å². The highest BCUT2D eigenvalue weighted by Gasteiger charge is 2.35. The number of benzene rings is 3. The molecule has 0 saturated heterocycles. The molecule has 2 amide bonds. The number of nitrogens with one attached hydrogen (secondary N) is 1. The van der Waals surface area contributed by atoms with Crippen molar-refractivity contribution in [3.8, 4) is 0 Å². The maximum absolute atomic E-state index is 14.2. The smallest absolute Gasteiger partial charge is 0.264 e. The molecule has 40 heavy (non-hydrogen) atoms. The molecule has 0 saturated carbocycles. The summed E-state index contributed by atoms with van der Waals surface area (Å²) in [5.74, 6) is -0.901. The zero-order valence-electron chi connectivity index (χ0n) is 23.3. The number of hydrogen-bond donors (Lipinski definition) is 1. The van der Waals surface area contributed by atoms with Crippen LogP contribution in [0, 0.1) is 6.92 Å². The number of hydrogen-bond acceptors (Lipinski definition) is 4. The molecule has 7 nitrogen and oxygen atoms in total. The van der Waals surface area contributed by atoms with Crippen LogP contribution in [0.25, 0.3) is 0 Å². The minimum Gasteiger partial charge on any atom is -0.350 e. The number of anilines is 1. The Labute approximate surface area is 247 Å². The van der Waals surface area contributed by atoms with Gasteiger partial charge in [-0.15, -0.1) is 0 Å². The first-order valence-corrected chi connectivity index (χ1v) is 15.1. The van der Waals surface area contributed by atoms with E-state index in [1.54, 1.807) is 74.5 Å². The normalized spacial score (nSPS) is 12.5. The maximum atomic E-state index is 14.2. The monoisotopic (exact) mass is 603 g/mol. The zero-order valence-corrected chi connectivity index (χ0v) is 25.6. The van der Waals surface area contributed by atoms with E-state index in [1.165, 1.54) is 17.0 Å². The number of sulfonamides is 1. The van der Waals surface area contributed by atoms with Crippen LogP contribution in [0.3, 0.4) is 0 Å². The number of amides is 2. The van der Waals surface area contributed by atoms with Gasteiger partial charge in [0.05, 0.1) is 10.6 Å². The lowest BCUT2D eigenvalue weighted by atomic mass is 10.1. The third-order valence-electron chi connectivity index (χ3n) is 6.30. The summed E-state index contributed by atoms with van der Waals surface area (Å²) in [5.41, 5.74) is 0.877. The lowest BCUT2D eigenvalue weighted by molar-refractivity contribution is -0.141. The Morgan fingerprint density at radius 2 is 1.50 bits per heavy atom. The SMILES string of the molecule is CC[C@H](C(=O)NC(C)(C)C)N(Cc1ccccc1Cl)C(=O)CN(c1cccc(Cl)c1C)S(=O)(=O)c1ccccc1. The molecule has 1 atom stereocenters. The summed E-state index contributed by atoms with van der Waals surface area (Å²) >= 11 is 12.8. The number of nitrogens with zero attached hydrogens (tertiary/aromatic N) is 2. The summed E-state index contributed by atoms with van der Waals surface area (Å²) in [5, 5.41) is 3.75. The van der Waals surface area contributed by atoms with Crippen LogP contribution in [0.4, 0.5) is 5.69 Å². The fourth-order valence-electron chi connectivity index (χ4n) is 4.28. The van der Waals surface area contributed by atoms with E-state index >= 15 is 0 Å². The van der Waals surface area contributed by atoms with Crippen molar-refractivity contribution >= 4 is 50.7 Å². The average molecular weight is 605 g/mol. The molecule has 214 valence electrons. The van der Waals surface area contributed by atoms with Crippen molar-refractivity contribution in [1.29, 1.82) is 0 Å². The molecule has 0 unspecified atom stereocenters. The Morgan fingerprint density at radius 3 is 2.10 bits per heavy atom. The molecular formula is C30H35Cl2N3O4S. The molecule has 0 aliphatic heterocycles. The van der Waals surface area contributed by atoms with Crippen LogP contribution in [0.2, 0.25) is 10.0 Å². The van der Waals surface area contributed by atoms with Gasteiger partial charge in [0.2, 0.25) is 11.8 Å². The molecule has 1 N–H and O–H groups in total. The van der Waals surface area contributed by atoms with E-state index in [9.17, 15) is 18.0 Å². The molecule has 0 radical (unpaired) electrons. The largest absolute Gasteiger partial charge is 0.350 e. The molecule has 0 aromatic heterocycles. The Morgan fingerprint density at radius 1 is 0.900 bits per heavy atom. The minimum atomic E-state index is -4.18. The highest BCUT2D eigenvalue weighted by Crippen LogP contribution is 2.31. The van der Waals surface area contributed by atoms with Crippen molar-refractivity contribution in [3.05, 3.63) is 94.0 Å². The van der Waals surface area contributed by atoms with E-state index < -0.39 is 34.1 Å². The van der Waals surface area contributed by atoms with E-state index in [0.29, 0.717) is 27.6 Å². The molecular weight excluding hydrogens is 569 g/mol. The first kappa shape index (κ1) is 31.5. The lowest BCUT2D eigenvalue weighted by Crippen LogP contribution is -2.55. The van der Waals surface area contributed by atoms with Crippen LogP contribution >= 0.6 is 23.2 Å². The summed E-state index contributed by atoms with van der Waals surface area (Å²) in [6.45, 7) is 8.53. The van der Waals surface area contributed by atoms with Crippen LogP contribution in [-0.2, 0) is 26.2 Å². The number of carbonyl (C=O) groups excluding carboxylic acids is 2. The van der Waals surface area contributed by atoms with E-state index in [1.807, 2.05) is 20.8 Å². The standard InChI is InChI=1S/C30H35Cl2N3O4S/c1-6-26(29(37)33-30(3,4)5)34(19-22-13-10-11-16-25(22)32)28(36)20-35(27-18-12-17-24(31)21(27)2)40(38,39)23-14-8-7-9-15-23/h7-18,26H,6,19-20H2,1-5H3,(H,33,37)/t26-/m1/s1. The summed E-state index contributed by atoms with van der Waals surface area (Å²) in [4.78, 5) is 29.0. The molecule has 3 aromatic rings. The zero-order chi connectivity index (χ0) is 29.7. The second kappa shape index (κ2) is 13.1. The molecule has 3 aromatic carbocycles. The third-order valence-corrected chi connectivity index (χ3v) is 8.85. The predicted molar refractivity (Wildman–Crippen MR) is 161 cm³/mol. The molecule has 3 rings (SSSR count). The lowest BCUT2D eigenvalue weighted by Gasteiger charge is -2.35. The summed E-state index contributed by atoms with van der Waals surface area (Å²) < 4.78 is 28.9. The average Bonchev–Trinajstić information content (AvgIpc) is 2.89. The second-order valence-electron chi connectivity index (χ2n) is 10.5. The van der Waals surface area contributed by atoms with Crippen molar-refractivity contribution in [2.24, 2.45) is 0 Å². The van der Waals surface area contributed by atoms with Crippen LogP contribution in [0.15, 0.2) is 77.7 Å². The first-order chi connectivity index (χ1) is 18.8. The fourth-order valence-corrected chi connectivity index (χ4v) is 6.14. The molecule has 0 aliphatic carbocycles. The van der Waals surface area contributed by atoms with Crippen LogP contribution < -0.4 is 9.62 Å². The fraction of sp³-hybridized carbons (Fsp3) is 0.333. The number of rotatable bonds is 10. The highest BCUT2D eigenvalue weighted by molar-refractivity contribution is 7.92. The van der Waals surface area contributed by atoms with Crippen molar-refractivity contribution in [2.45, 2.75) is 64.1 Å². The van der Waals surface area contributed by atoms with Gasteiger partial charge in [-0.25, -0.2) is 8.42 Å². The highest BCUT2D eigenvalue weighted by atomic mass is 35.5. The van der Waals surface area contributed by atoms with E-state index in [0.717, 1.165) is 4.31 Å². The van der Waals surface area contributed by atoms with Crippen LogP contribution in [0.1, 0.15) is 45.2 Å². The van der Waals surface area contributed by atoms with Crippen LogP contribution in [-0.4, -0.2) is 43.3 Å². The number of halogens is 2. The van der Waals surface area contributed by atoms with Crippen LogP contribution in [0.5, 0.6) is 0 Å². The Bertz CT molecular complexity index is 1460. The van der Waals surface area contributed by atoms with Gasteiger partial charge in [-0.2, -0.15) is 0 Å². The molecule has 0 aliphatic rings. The molecule has 0 heterocycles. The predicted octanol–water partition coefficient (Wildman–Crippen LogP) is 6.22. The topological polar surface area (TPSA) is 86.8 Å². The summed E-state index contributed by atoms with van der Waals surface area (Å²) in [7, 11) is -4.18. The molecule has 0 spiro atoms. The van der Waals surface area contributed by atoms with Crippen molar-refractivity contribution in [2.75, 3.05) is 10.8 Å². The van der Waals surface area contributed by atoms with Crippen molar-refractivity contribution < 1.29 is 18.0 Å². The first-order valence-electron chi connectivity index (χ1n) is 12.9. The van der Waals surface area contributed by atoms with E-state index in [-0.39, 0.29) is 23.0 Å². The van der Waals surface area contributed by atoms with E-state index in [4.69, 9.17) is 23.2 Å². The van der Waals surface area contributed by atoms with Gasteiger partial charge in [0.15, 0.2) is 0 Å². The van der Waals surface area contributed by atoms with Gasteiger partial charge in [0, 0.05) is 22.1 Å². The van der Waals surface area contributed by atoms with Crippen molar-refractivity contribution in [3.63, 3.8) is 0 Å². The molecule has 0 fully saturated rings. The van der Waals surface area contributed by atoms with Gasteiger partial charge in [-0.1, -0.05) is 72.6 Å². The van der Waals surface area contributed by atoms with Gasteiger partial charge in [-0.05, 0) is 75.6 Å². The molecule has 10 heteroatoms. The number of carbonyl (C=O) groups is 2. The Balaban J connectivity index is 2.12. The van der Waals surface area contributed by atoms with Gasteiger partial charge in [0.1, 0.15) is 12.6 Å². The molecule has 0 bridgehead atoms. The Hall–Kier alpha value is -3.07. The van der Waals surface area contributed by atoms with Gasteiger partial charge in [0.25, 0.3) is 10.0 Å². The third kappa shape index (κ3) is 7.56. The quantitative estimate of drug-likeness (QED) is 0.298. The maximum Gasteiger partial charge on any atom is 0.264 e. The van der Waals surface area contributed by atoms with E-state index in [2.05, 4.69) is 5.32 Å². The summed E-state index contributed by atoms with van der Waals surface area (Å²) in [6.07, 6.45) is 0.305. The van der Waals surface area contributed by atoms with Crippen molar-refractivity contribution in [1.82, 2.24) is 10.2 Å². The summed E-state index contributed by atoms with van der Waals surface area (Å²) in [6, 6.07) is 19.0. The second-order valence-corrected chi connectivity index (χ2v) is 13.2. The van der Waals surface area contributed by atoms with Gasteiger partial charge in [-0.3, -0.25) is 13.9 Å².